The van der Waals surface area contributed by atoms with Crippen molar-refractivity contribution in [2.75, 3.05) is 0 Å². The van der Waals surface area contributed by atoms with Gasteiger partial charge in [0.05, 0.1) is 0 Å². The standard InChI is InChI=1S/C31H44N2O4/c1-22(2)18-26(29(32)35)21-28(34)25(19-23-12-8-6-9-13-23)16-17-27(20-24-14-10-7-11-15-24)33-30(36)37-31(3,4)5/h6-15,22,25-27H,16-21H2,1-5H3,(H2,32,35)(H,33,36)/t25-,26+,27+/m0/s1. The number of alkyl carbamates (subject to hydrolysis) is 1. The summed E-state index contributed by atoms with van der Waals surface area (Å²) < 4.78 is 5.50. The predicted molar refractivity (Wildman–Crippen MR) is 148 cm³/mol. The summed E-state index contributed by atoms with van der Waals surface area (Å²) in [7, 11) is 0. The smallest absolute Gasteiger partial charge is 0.407 e. The Kier molecular flexibility index (Phi) is 11.8. The number of nitrogens with two attached hydrogens (primary N) is 1. The molecule has 3 atom stereocenters. The minimum atomic E-state index is -0.604. The number of hydrogen-bond donors (Lipinski definition) is 2. The van der Waals surface area contributed by atoms with Crippen LogP contribution in [-0.4, -0.2) is 29.4 Å². The number of amides is 2. The minimum Gasteiger partial charge on any atom is -0.444 e. The largest absolute Gasteiger partial charge is 0.444 e. The number of Topliss-reactive ketones (excluding diaryl/α,β-unsaturated/α-hetero) is 1. The molecule has 2 rings (SSSR count). The summed E-state index contributed by atoms with van der Waals surface area (Å²) in [5.41, 5.74) is 7.21. The number of carbonyl (C=O) groups excluding carboxylic acids is 3. The summed E-state index contributed by atoms with van der Waals surface area (Å²) in [5.74, 6) is -0.856. The zero-order valence-corrected chi connectivity index (χ0v) is 23.0. The van der Waals surface area contributed by atoms with E-state index in [-0.39, 0.29) is 30.1 Å². The molecule has 0 fully saturated rings. The summed E-state index contributed by atoms with van der Waals surface area (Å²) >= 11 is 0. The van der Waals surface area contributed by atoms with Crippen LogP contribution in [0.5, 0.6) is 0 Å². The van der Waals surface area contributed by atoms with Crippen LogP contribution in [0, 0.1) is 17.8 Å². The average Bonchev–Trinajstić information content (AvgIpc) is 2.80. The van der Waals surface area contributed by atoms with E-state index in [1.54, 1.807) is 0 Å². The van der Waals surface area contributed by atoms with Crippen LogP contribution in [0.15, 0.2) is 60.7 Å². The Hall–Kier alpha value is -3.15. The van der Waals surface area contributed by atoms with Gasteiger partial charge in [0.2, 0.25) is 5.91 Å². The molecule has 0 aromatic heterocycles. The molecule has 202 valence electrons. The zero-order valence-electron chi connectivity index (χ0n) is 23.0. The van der Waals surface area contributed by atoms with Gasteiger partial charge in [-0.2, -0.15) is 0 Å². The Morgan fingerprint density at radius 3 is 1.86 bits per heavy atom. The molecule has 3 N–H and O–H groups in total. The molecule has 0 bridgehead atoms. The molecule has 2 amide bonds. The zero-order chi connectivity index (χ0) is 27.4. The molecule has 6 nitrogen and oxygen atoms in total. The second-order valence-corrected chi connectivity index (χ2v) is 11.4. The van der Waals surface area contributed by atoms with E-state index in [0.29, 0.717) is 32.1 Å². The third-order valence-corrected chi connectivity index (χ3v) is 6.30. The topological polar surface area (TPSA) is 98.5 Å². The van der Waals surface area contributed by atoms with Gasteiger partial charge in [-0.05, 0) is 69.9 Å². The maximum atomic E-state index is 13.5. The third kappa shape index (κ3) is 12.1. The van der Waals surface area contributed by atoms with Gasteiger partial charge < -0.3 is 15.8 Å². The monoisotopic (exact) mass is 508 g/mol. The molecule has 6 heteroatoms. The fraction of sp³-hybridized carbons (Fsp3) is 0.516. The Labute approximate surface area is 222 Å². The summed E-state index contributed by atoms with van der Waals surface area (Å²) in [6.45, 7) is 9.55. The van der Waals surface area contributed by atoms with Crippen molar-refractivity contribution in [3.8, 4) is 0 Å². The summed E-state index contributed by atoms with van der Waals surface area (Å²) in [6, 6.07) is 19.7. The Balaban J connectivity index is 2.20. The van der Waals surface area contributed by atoms with E-state index in [4.69, 9.17) is 10.5 Å². The van der Waals surface area contributed by atoms with Gasteiger partial charge in [-0.1, -0.05) is 74.5 Å². The van der Waals surface area contributed by atoms with Crippen molar-refractivity contribution in [1.82, 2.24) is 5.32 Å². The predicted octanol–water partition coefficient (Wildman–Crippen LogP) is 5.87. The molecule has 0 saturated heterocycles. The van der Waals surface area contributed by atoms with Gasteiger partial charge in [-0.3, -0.25) is 9.59 Å². The van der Waals surface area contributed by atoms with Gasteiger partial charge >= 0.3 is 6.09 Å². The van der Waals surface area contributed by atoms with Crippen molar-refractivity contribution in [1.29, 1.82) is 0 Å². The Morgan fingerprint density at radius 1 is 0.838 bits per heavy atom. The average molecular weight is 509 g/mol. The Morgan fingerprint density at radius 2 is 1.38 bits per heavy atom. The second-order valence-electron chi connectivity index (χ2n) is 11.4. The number of nitrogens with one attached hydrogen (secondary N) is 1. The SMILES string of the molecule is CC(C)C[C@H](CC(=O)[C@@H](CC[C@H](Cc1ccccc1)NC(=O)OC(C)(C)C)Cc1ccccc1)C(N)=O. The quantitative estimate of drug-likeness (QED) is 0.333. The first kappa shape index (κ1) is 30.1. The van der Waals surface area contributed by atoms with Crippen molar-refractivity contribution in [2.45, 2.75) is 84.8 Å². The molecule has 0 spiro atoms. The van der Waals surface area contributed by atoms with Gasteiger partial charge in [0.25, 0.3) is 0 Å². The van der Waals surface area contributed by atoms with E-state index >= 15 is 0 Å². The second kappa shape index (κ2) is 14.6. The first-order chi connectivity index (χ1) is 17.4. The molecule has 37 heavy (non-hydrogen) atoms. The van der Waals surface area contributed by atoms with Crippen LogP contribution < -0.4 is 11.1 Å². The maximum absolute atomic E-state index is 13.5. The van der Waals surface area contributed by atoms with Crippen LogP contribution in [0.4, 0.5) is 4.79 Å². The number of benzene rings is 2. The number of rotatable bonds is 14. The number of primary amides is 1. The molecule has 0 aliphatic carbocycles. The van der Waals surface area contributed by atoms with Crippen LogP contribution in [0.25, 0.3) is 0 Å². The normalized spacial score (nSPS) is 14.0. The van der Waals surface area contributed by atoms with Gasteiger partial charge in [0.15, 0.2) is 0 Å². The van der Waals surface area contributed by atoms with E-state index < -0.39 is 23.5 Å². The van der Waals surface area contributed by atoms with Gasteiger partial charge in [-0.15, -0.1) is 0 Å². The highest BCUT2D eigenvalue weighted by Gasteiger charge is 2.28. The minimum absolute atomic E-state index is 0.0454. The number of hydrogen-bond acceptors (Lipinski definition) is 4. The summed E-state index contributed by atoms with van der Waals surface area (Å²) in [6.07, 6.45) is 2.66. The highest BCUT2D eigenvalue weighted by Crippen LogP contribution is 2.24. The lowest BCUT2D eigenvalue weighted by atomic mass is 9.83. The fourth-order valence-electron chi connectivity index (χ4n) is 4.55. The van der Waals surface area contributed by atoms with E-state index in [2.05, 4.69) is 5.32 Å². The summed E-state index contributed by atoms with van der Waals surface area (Å²) in [4.78, 5) is 38.2. The molecule has 0 heterocycles. The van der Waals surface area contributed by atoms with E-state index in [1.165, 1.54) is 0 Å². The van der Waals surface area contributed by atoms with Crippen LogP contribution in [-0.2, 0) is 27.2 Å². The lowest BCUT2D eigenvalue weighted by molar-refractivity contribution is -0.130. The molecule has 0 radical (unpaired) electrons. The van der Waals surface area contributed by atoms with Crippen molar-refractivity contribution < 1.29 is 19.1 Å². The van der Waals surface area contributed by atoms with E-state index in [0.717, 1.165) is 11.1 Å². The molecule has 0 aliphatic heterocycles. The molecule has 2 aromatic rings. The molecule has 2 aromatic carbocycles. The number of ketones is 1. The number of carbonyl (C=O) groups is 3. The van der Waals surface area contributed by atoms with Crippen LogP contribution in [0.3, 0.4) is 0 Å². The van der Waals surface area contributed by atoms with Crippen LogP contribution >= 0.6 is 0 Å². The highest BCUT2D eigenvalue weighted by atomic mass is 16.6. The van der Waals surface area contributed by atoms with Crippen molar-refractivity contribution in [3.63, 3.8) is 0 Å². The van der Waals surface area contributed by atoms with Crippen molar-refractivity contribution in [2.24, 2.45) is 23.5 Å². The lowest BCUT2D eigenvalue weighted by Gasteiger charge is -2.26. The van der Waals surface area contributed by atoms with Crippen LogP contribution in [0.1, 0.15) is 71.4 Å². The van der Waals surface area contributed by atoms with Gasteiger partial charge in [0, 0.05) is 24.3 Å². The first-order valence-electron chi connectivity index (χ1n) is 13.3. The Bertz CT molecular complexity index is 983. The maximum Gasteiger partial charge on any atom is 0.407 e. The molecule has 0 aliphatic rings. The number of ether oxygens (including phenoxy) is 1. The lowest BCUT2D eigenvalue weighted by Crippen LogP contribution is -2.40. The molecular formula is C31H44N2O4. The van der Waals surface area contributed by atoms with Gasteiger partial charge in [-0.25, -0.2) is 4.79 Å². The van der Waals surface area contributed by atoms with Crippen molar-refractivity contribution >= 4 is 17.8 Å². The first-order valence-corrected chi connectivity index (χ1v) is 13.3. The fourth-order valence-corrected chi connectivity index (χ4v) is 4.55. The van der Waals surface area contributed by atoms with E-state index in [1.807, 2.05) is 95.3 Å². The summed E-state index contributed by atoms with van der Waals surface area (Å²) in [5, 5.41) is 3.02. The molecular weight excluding hydrogens is 464 g/mol. The van der Waals surface area contributed by atoms with Gasteiger partial charge in [0.1, 0.15) is 11.4 Å². The molecule has 0 saturated carbocycles. The van der Waals surface area contributed by atoms with Crippen LogP contribution in [0.2, 0.25) is 0 Å². The van der Waals surface area contributed by atoms with Crippen molar-refractivity contribution in [3.05, 3.63) is 71.8 Å². The van der Waals surface area contributed by atoms with E-state index in [9.17, 15) is 14.4 Å². The third-order valence-electron chi connectivity index (χ3n) is 6.30. The molecule has 0 unspecified atom stereocenters. The highest BCUT2D eigenvalue weighted by molar-refractivity contribution is 5.87.